The van der Waals surface area contributed by atoms with E-state index in [0.717, 1.165) is 0 Å². The summed E-state index contributed by atoms with van der Waals surface area (Å²) in [6, 6.07) is 0. The summed E-state index contributed by atoms with van der Waals surface area (Å²) in [4.78, 5) is 11.1. The van der Waals surface area contributed by atoms with Crippen molar-refractivity contribution in [3.05, 3.63) is 0 Å². The van der Waals surface area contributed by atoms with Crippen LogP contribution in [-0.2, 0) is 4.79 Å². The van der Waals surface area contributed by atoms with Crippen molar-refractivity contribution in [2.24, 2.45) is 5.73 Å². The Morgan fingerprint density at radius 2 is 1.90 bits per heavy atom. The van der Waals surface area contributed by atoms with Crippen LogP contribution in [-0.4, -0.2) is 58.1 Å². The molecule has 0 aliphatic heterocycles. The molecular weight excluding hydrogens is 310 g/mol. The minimum absolute atomic E-state index is 0. The van der Waals surface area contributed by atoms with Crippen molar-refractivity contribution in [3.8, 4) is 0 Å². The van der Waals surface area contributed by atoms with Gasteiger partial charge < -0.3 is 31.3 Å². The van der Waals surface area contributed by atoms with Gasteiger partial charge in [-0.1, -0.05) is 12.8 Å². The van der Waals surface area contributed by atoms with E-state index in [0.29, 0.717) is 12.8 Å². The second-order valence-corrected chi connectivity index (χ2v) is 4.67. The molecule has 0 bridgehead atoms. The second-order valence-electron chi connectivity index (χ2n) is 4.67. The average Bonchev–Trinajstić information content (AvgIpc) is 2.23. The summed E-state index contributed by atoms with van der Waals surface area (Å²) in [5.74, 6) is -1.11. The molecule has 0 fully saturated rings. The molecule has 0 amide bonds. The number of aliphatic hydroxyl groups is 1. The highest BCUT2D eigenvalue weighted by molar-refractivity contribution is 6.40. The molecule has 10 heteroatoms. The molecule has 0 saturated heterocycles. The fourth-order valence-corrected chi connectivity index (χ4v) is 1.54. The summed E-state index contributed by atoms with van der Waals surface area (Å²) >= 11 is 0. The molecule has 0 aromatic rings. The summed E-state index contributed by atoms with van der Waals surface area (Å²) < 4.78 is 0. The molecule has 2 unspecified atom stereocenters. The smallest absolute Gasteiger partial charge is 0.451 e. The zero-order chi connectivity index (χ0) is 14.2. The standard InChI is InChI=1S/C10H23BN2O5.2ClH/c1-8(14)6-13-7-10(12,9(15)16)4-2-3-5-11(17)18;;/h8,13-14,17-18H,2-7,12H2,1H3,(H,15,16);2*1H. The van der Waals surface area contributed by atoms with Crippen LogP contribution in [0.15, 0.2) is 0 Å². The van der Waals surface area contributed by atoms with Crippen molar-refractivity contribution < 1.29 is 25.1 Å². The van der Waals surface area contributed by atoms with Crippen molar-refractivity contribution in [3.63, 3.8) is 0 Å². The van der Waals surface area contributed by atoms with Gasteiger partial charge in [0.1, 0.15) is 5.54 Å². The SMILES string of the molecule is CC(O)CNCC(N)(CCCCB(O)O)C(=O)O.Cl.Cl. The summed E-state index contributed by atoms with van der Waals surface area (Å²) in [6.45, 7) is 1.94. The highest BCUT2D eigenvalue weighted by Crippen LogP contribution is 2.13. The Kier molecular flexibility index (Phi) is 15.7. The largest absolute Gasteiger partial charge is 0.480 e. The molecule has 0 aromatic carbocycles. The highest BCUT2D eigenvalue weighted by Gasteiger charge is 2.33. The van der Waals surface area contributed by atoms with Crippen molar-refractivity contribution >= 4 is 37.9 Å². The minimum atomic E-state index is -1.39. The van der Waals surface area contributed by atoms with E-state index in [1.54, 1.807) is 6.92 Å². The Morgan fingerprint density at radius 3 is 2.30 bits per heavy atom. The molecular formula is C10H25BCl2N2O5. The average molecular weight is 335 g/mol. The number of rotatable bonds is 10. The fraction of sp³-hybridized carbons (Fsp3) is 0.900. The topological polar surface area (TPSA) is 136 Å². The van der Waals surface area contributed by atoms with Gasteiger partial charge in [-0.2, -0.15) is 0 Å². The lowest BCUT2D eigenvalue weighted by Gasteiger charge is -2.25. The number of aliphatic carboxylic acids is 1. The second kappa shape index (κ2) is 12.6. The van der Waals surface area contributed by atoms with E-state index >= 15 is 0 Å². The molecule has 0 radical (unpaired) electrons. The first-order valence-electron chi connectivity index (χ1n) is 6.05. The van der Waals surface area contributed by atoms with E-state index in [-0.39, 0.29) is 50.6 Å². The highest BCUT2D eigenvalue weighted by atomic mass is 35.5. The molecule has 0 saturated carbocycles. The van der Waals surface area contributed by atoms with Crippen LogP contribution in [0.1, 0.15) is 26.2 Å². The van der Waals surface area contributed by atoms with Gasteiger partial charge >= 0.3 is 13.1 Å². The summed E-state index contributed by atoms with van der Waals surface area (Å²) in [7, 11) is -1.37. The third kappa shape index (κ3) is 11.7. The van der Waals surface area contributed by atoms with Gasteiger partial charge in [-0.25, -0.2) is 0 Å². The number of nitrogens with two attached hydrogens (primary N) is 1. The van der Waals surface area contributed by atoms with E-state index in [1.807, 2.05) is 0 Å². The first kappa shape index (κ1) is 24.9. The third-order valence-electron chi connectivity index (χ3n) is 2.64. The van der Waals surface area contributed by atoms with E-state index in [2.05, 4.69) is 5.32 Å². The normalized spacial score (nSPS) is 14.4. The molecule has 2 atom stereocenters. The summed E-state index contributed by atoms with van der Waals surface area (Å²) in [5.41, 5.74) is 4.38. The zero-order valence-corrected chi connectivity index (χ0v) is 13.1. The Bertz CT molecular complexity index is 262. The third-order valence-corrected chi connectivity index (χ3v) is 2.64. The van der Waals surface area contributed by atoms with Gasteiger partial charge in [0, 0.05) is 13.1 Å². The van der Waals surface area contributed by atoms with E-state index in [4.69, 9.17) is 26.0 Å². The monoisotopic (exact) mass is 334 g/mol. The quantitative estimate of drug-likeness (QED) is 0.228. The molecule has 0 aromatic heterocycles. The van der Waals surface area contributed by atoms with Crippen molar-refractivity contribution in [1.82, 2.24) is 5.32 Å². The van der Waals surface area contributed by atoms with Gasteiger partial charge in [0.2, 0.25) is 0 Å². The van der Waals surface area contributed by atoms with Gasteiger partial charge in [-0.3, -0.25) is 4.79 Å². The van der Waals surface area contributed by atoms with Gasteiger partial charge in [0.15, 0.2) is 0 Å². The molecule has 7 N–H and O–H groups in total. The molecule has 20 heavy (non-hydrogen) atoms. The number of aliphatic hydroxyl groups excluding tert-OH is 1. The van der Waals surface area contributed by atoms with E-state index in [9.17, 15) is 4.79 Å². The van der Waals surface area contributed by atoms with Crippen LogP contribution in [0.5, 0.6) is 0 Å². The molecule has 0 aliphatic rings. The van der Waals surface area contributed by atoms with E-state index in [1.165, 1.54) is 0 Å². The number of carbonyl (C=O) groups is 1. The van der Waals surface area contributed by atoms with Crippen LogP contribution in [0.3, 0.4) is 0 Å². The van der Waals surface area contributed by atoms with Crippen LogP contribution in [0, 0.1) is 0 Å². The van der Waals surface area contributed by atoms with Gasteiger partial charge in [0.25, 0.3) is 0 Å². The number of carboxylic acids is 1. The number of nitrogens with one attached hydrogen (secondary N) is 1. The predicted molar refractivity (Wildman–Crippen MR) is 82.5 cm³/mol. The van der Waals surface area contributed by atoms with Crippen LogP contribution in [0.2, 0.25) is 6.32 Å². The van der Waals surface area contributed by atoms with E-state index < -0.39 is 24.7 Å². The van der Waals surface area contributed by atoms with Crippen LogP contribution in [0.4, 0.5) is 0 Å². The zero-order valence-electron chi connectivity index (χ0n) is 11.5. The van der Waals surface area contributed by atoms with Crippen molar-refractivity contribution in [2.75, 3.05) is 13.1 Å². The number of carboxylic acid groups (broad SMARTS) is 1. The first-order valence-corrected chi connectivity index (χ1v) is 6.05. The maximum Gasteiger partial charge on any atom is 0.451 e. The molecule has 0 rings (SSSR count). The molecule has 0 spiro atoms. The Balaban J connectivity index is -0.00000144. The number of hydrogen-bond acceptors (Lipinski definition) is 6. The molecule has 0 heterocycles. The lowest BCUT2D eigenvalue weighted by molar-refractivity contribution is -0.143. The number of unbranched alkanes of at least 4 members (excludes halogenated alkanes) is 1. The maximum atomic E-state index is 11.1. The molecule has 122 valence electrons. The minimum Gasteiger partial charge on any atom is -0.480 e. The Labute approximate surface area is 131 Å². The molecule has 0 aliphatic carbocycles. The predicted octanol–water partition coefficient (Wildman–Crippen LogP) is -0.774. The van der Waals surface area contributed by atoms with Crippen LogP contribution in [0.25, 0.3) is 0 Å². The van der Waals surface area contributed by atoms with Gasteiger partial charge in [-0.15, -0.1) is 24.8 Å². The van der Waals surface area contributed by atoms with Crippen molar-refractivity contribution in [2.45, 2.75) is 44.1 Å². The van der Waals surface area contributed by atoms with Gasteiger partial charge in [-0.05, 0) is 19.7 Å². The maximum absolute atomic E-state index is 11.1. The lowest BCUT2D eigenvalue weighted by Crippen LogP contribution is -2.55. The fourth-order valence-electron chi connectivity index (χ4n) is 1.54. The summed E-state index contributed by atoms with van der Waals surface area (Å²) in [6.07, 6.45) is 0.878. The number of halogens is 2. The first-order chi connectivity index (χ1) is 8.28. The molecule has 7 nitrogen and oxygen atoms in total. The Hall–Kier alpha value is -0.0851. The summed E-state index contributed by atoms with van der Waals surface area (Å²) in [5, 5.41) is 38.3. The van der Waals surface area contributed by atoms with Crippen LogP contribution < -0.4 is 11.1 Å². The van der Waals surface area contributed by atoms with Crippen LogP contribution >= 0.6 is 24.8 Å². The number of hydrogen-bond donors (Lipinski definition) is 6. The van der Waals surface area contributed by atoms with Crippen molar-refractivity contribution in [1.29, 1.82) is 0 Å². The van der Waals surface area contributed by atoms with Gasteiger partial charge in [0.05, 0.1) is 6.10 Å². The Morgan fingerprint density at radius 1 is 1.35 bits per heavy atom. The lowest BCUT2D eigenvalue weighted by atomic mass is 9.82.